The van der Waals surface area contributed by atoms with Crippen LogP contribution in [-0.4, -0.2) is 22.7 Å². The van der Waals surface area contributed by atoms with Crippen molar-refractivity contribution in [3.8, 4) is 5.75 Å². The van der Waals surface area contributed by atoms with Gasteiger partial charge in [-0.05, 0) is 0 Å². The fraction of sp³-hybridized carbons (Fsp3) is 0.222. The van der Waals surface area contributed by atoms with E-state index in [1.54, 1.807) is 0 Å². The fourth-order valence-corrected chi connectivity index (χ4v) is 1.41. The summed E-state index contributed by atoms with van der Waals surface area (Å²) in [4.78, 5) is 10.7. The number of hydrogen-bond donors (Lipinski definition) is 3. The Kier molecular flexibility index (Phi) is 3.66. The topological polar surface area (TPSA) is 83.6 Å². The first-order valence-electron chi connectivity index (χ1n) is 4.19. The number of carbonyl (C=O) groups is 1. The zero-order valence-electron chi connectivity index (χ0n) is 7.88. The van der Waals surface area contributed by atoms with Crippen LogP contribution in [0.1, 0.15) is 11.5 Å². The molecule has 1 atom stereocenters. The third kappa shape index (κ3) is 2.07. The monoisotopic (exact) mass is 251 g/mol. The molecule has 16 heavy (non-hydrogen) atoms. The first-order chi connectivity index (χ1) is 7.40. The Labute approximate surface area is 94.3 Å². The minimum atomic E-state index is -1.54. The Morgan fingerprint density at radius 1 is 1.56 bits per heavy atom. The van der Waals surface area contributed by atoms with Crippen molar-refractivity contribution in [2.75, 3.05) is 6.54 Å². The molecule has 0 aliphatic rings. The Bertz CT molecular complexity index is 439. The maximum atomic E-state index is 13.5. The van der Waals surface area contributed by atoms with Gasteiger partial charge in [-0.15, -0.1) is 0 Å². The maximum absolute atomic E-state index is 13.5. The third-order valence-electron chi connectivity index (χ3n) is 2.06. The molecule has 0 spiro atoms. The van der Waals surface area contributed by atoms with Crippen molar-refractivity contribution in [1.82, 2.24) is 0 Å². The van der Waals surface area contributed by atoms with E-state index in [0.29, 0.717) is 6.07 Å². The minimum Gasteiger partial charge on any atom is -0.506 e. The van der Waals surface area contributed by atoms with E-state index in [0.717, 1.165) is 0 Å². The highest BCUT2D eigenvalue weighted by atomic mass is 35.5. The molecule has 1 aromatic carbocycles. The number of halogens is 3. The minimum absolute atomic E-state index is 0.482. The van der Waals surface area contributed by atoms with Crippen molar-refractivity contribution in [2.24, 2.45) is 5.73 Å². The zero-order chi connectivity index (χ0) is 12.5. The second-order valence-electron chi connectivity index (χ2n) is 3.05. The molecule has 4 nitrogen and oxygen atoms in total. The second-order valence-corrected chi connectivity index (χ2v) is 3.42. The lowest BCUT2D eigenvalue weighted by molar-refractivity contribution is -0.138. The summed E-state index contributed by atoms with van der Waals surface area (Å²) in [6.07, 6.45) is 0. The van der Waals surface area contributed by atoms with E-state index in [9.17, 15) is 13.6 Å². The molecule has 1 aromatic rings. The number of phenols is 1. The lowest BCUT2D eigenvalue weighted by atomic mass is 9.98. The van der Waals surface area contributed by atoms with Gasteiger partial charge in [-0.3, -0.25) is 4.79 Å². The number of aromatic hydroxyl groups is 1. The number of carboxylic acid groups (broad SMARTS) is 1. The molecule has 0 aromatic heterocycles. The molecule has 4 N–H and O–H groups in total. The van der Waals surface area contributed by atoms with Crippen LogP contribution in [0.2, 0.25) is 5.02 Å². The number of benzene rings is 1. The molecule has 1 rings (SSSR count). The van der Waals surface area contributed by atoms with Crippen LogP contribution >= 0.6 is 11.6 Å². The van der Waals surface area contributed by atoms with E-state index < -0.39 is 46.4 Å². The normalized spacial score (nSPS) is 12.5. The van der Waals surface area contributed by atoms with E-state index in [2.05, 4.69) is 0 Å². The molecular weight excluding hydrogens is 244 g/mol. The Hall–Kier alpha value is -1.40. The van der Waals surface area contributed by atoms with Gasteiger partial charge in [0.2, 0.25) is 0 Å². The lowest BCUT2D eigenvalue weighted by Gasteiger charge is -2.13. The lowest BCUT2D eigenvalue weighted by Crippen LogP contribution is -2.23. The molecule has 0 aliphatic carbocycles. The molecule has 0 aliphatic heterocycles. The van der Waals surface area contributed by atoms with Crippen molar-refractivity contribution < 1.29 is 23.8 Å². The molecular formula is C9H8ClF2NO3. The van der Waals surface area contributed by atoms with Crippen LogP contribution in [0.3, 0.4) is 0 Å². The van der Waals surface area contributed by atoms with Gasteiger partial charge in [0.25, 0.3) is 0 Å². The molecule has 0 saturated heterocycles. The van der Waals surface area contributed by atoms with E-state index >= 15 is 0 Å². The van der Waals surface area contributed by atoms with Crippen LogP contribution in [0.15, 0.2) is 6.07 Å². The van der Waals surface area contributed by atoms with Gasteiger partial charge in [0.1, 0.15) is 16.6 Å². The summed E-state index contributed by atoms with van der Waals surface area (Å²) in [5.41, 5.74) is 4.36. The molecule has 0 amide bonds. The molecule has 7 heteroatoms. The summed E-state index contributed by atoms with van der Waals surface area (Å²) in [6, 6.07) is 0.548. The smallest absolute Gasteiger partial charge is 0.312 e. The second kappa shape index (κ2) is 4.63. The summed E-state index contributed by atoms with van der Waals surface area (Å²) in [5.74, 6) is -6.31. The number of aliphatic carboxylic acids is 1. The Morgan fingerprint density at radius 2 is 2.12 bits per heavy atom. The number of carboxylic acids is 1. The fourth-order valence-electron chi connectivity index (χ4n) is 1.26. The quantitative estimate of drug-likeness (QED) is 0.710. The van der Waals surface area contributed by atoms with Gasteiger partial charge in [0.05, 0.1) is 5.92 Å². The van der Waals surface area contributed by atoms with Crippen molar-refractivity contribution in [3.63, 3.8) is 0 Å². The van der Waals surface area contributed by atoms with Gasteiger partial charge in [0, 0.05) is 18.2 Å². The Morgan fingerprint density at radius 3 is 2.56 bits per heavy atom. The van der Waals surface area contributed by atoms with E-state index in [4.69, 9.17) is 27.5 Å². The first kappa shape index (κ1) is 12.7. The predicted molar refractivity (Wildman–Crippen MR) is 52.5 cm³/mol. The van der Waals surface area contributed by atoms with Crippen molar-refractivity contribution in [3.05, 3.63) is 28.3 Å². The number of rotatable bonds is 3. The van der Waals surface area contributed by atoms with E-state index in [-0.39, 0.29) is 0 Å². The van der Waals surface area contributed by atoms with Gasteiger partial charge >= 0.3 is 5.97 Å². The highest BCUT2D eigenvalue weighted by Crippen LogP contribution is 2.34. The van der Waals surface area contributed by atoms with Gasteiger partial charge in [-0.25, -0.2) is 8.78 Å². The molecule has 88 valence electrons. The summed E-state index contributed by atoms with van der Waals surface area (Å²) in [7, 11) is 0. The van der Waals surface area contributed by atoms with E-state index in [1.165, 1.54) is 0 Å². The molecule has 0 fully saturated rings. The standard InChI is InChI=1S/C9H8ClF2NO3/c10-7-5(14)1-4(11)6(8(7)12)3(2-13)9(15)16/h1,3,14H,2,13H2,(H,15,16). The van der Waals surface area contributed by atoms with Crippen LogP contribution in [0, 0.1) is 11.6 Å². The van der Waals surface area contributed by atoms with Crippen LogP contribution in [0.5, 0.6) is 5.75 Å². The Balaban J connectivity index is 3.43. The average Bonchev–Trinajstić information content (AvgIpc) is 2.20. The maximum Gasteiger partial charge on any atom is 0.312 e. The van der Waals surface area contributed by atoms with Gasteiger partial charge < -0.3 is 15.9 Å². The summed E-state index contributed by atoms with van der Waals surface area (Å²) in [6.45, 7) is -0.482. The SMILES string of the molecule is NCC(C(=O)O)c1c(F)cc(O)c(Cl)c1F. The molecule has 1 unspecified atom stereocenters. The van der Waals surface area contributed by atoms with Crippen LogP contribution in [0.25, 0.3) is 0 Å². The van der Waals surface area contributed by atoms with Crippen LogP contribution < -0.4 is 5.73 Å². The molecule has 0 bridgehead atoms. The summed E-state index contributed by atoms with van der Waals surface area (Å²) in [5, 5.41) is 17.0. The first-order valence-corrected chi connectivity index (χ1v) is 4.57. The van der Waals surface area contributed by atoms with Crippen LogP contribution in [0.4, 0.5) is 8.78 Å². The summed E-state index contributed by atoms with van der Waals surface area (Å²) >= 11 is 5.34. The number of phenolic OH excluding ortho intramolecular Hbond substituents is 1. The highest BCUT2D eigenvalue weighted by molar-refractivity contribution is 6.32. The van der Waals surface area contributed by atoms with Crippen molar-refractivity contribution >= 4 is 17.6 Å². The molecule has 0 saturated carbocycles. The van der Waals surface area contributed by atoms with Gasteiger partial charge in [-0.2, -0.15) is 0 Å². The molecule has 0 radical (unpaired) electrons. The summed E-state index contributed by atoms with van der Waals surface area (Å²) < 4.78 is 26.8. The predicted octanol–water partition coefficient (Wildman–Crippen LogP) is 1.45. The zero-order valence-corrected chi connectivity index (χ0v) is 8.63. The number of nitrogens with two attached hydrogens (primary N) is 1. The van der Waals surface area contributed by atoms with Crippen molar-refractivity contribution in [2.45, 2.75) is 5.92 Å². The van der Waals surface area contributed by atoms with Crippen LogP contribution in [-0.2, 0) is 4.79 Å². The van der Waals surface area contributed by atoms with Gasteiger partial charge in [-0.1, -0.05) is 11.6 Å². The van der Waals surface area contributed by atoms with Crippen molar-refractivity contribution in [1.29, 1.82) is 0 Å². The highest BCUT2D eigenvalue weighted by Gasteiger charge is 2.28. The largest absolute Gasteiger partial charge is 0.506 e. The molecule has 0 heterocycles. The average molecular weight is 252 g/mol. The third-order valence-corrected chi connectivity index (χ3v) is 2.42. The number of hydrogen-bond acceptors (Lipinski definition) is 3. The van der Waals surface area contributed by atoms with E-state index in [1.807, 2.05) is 0 Å². The van der Waals surface area contributed by atoms with Gasteiger partial charge in [0.15, 0.2) is 5.82 Å².